The Morgan fingerprint density at radius 3 is 2.32 bits per heavy atom. The number of para-hydroxylation sites is 1. The predicted molar refractivity (Wildman–Crippen MR) is 78.5 cm³/mol. The van der Waals surface area contributed by atoms with Gasteiger partial charge in [0.15, 0.2) is 0 Å². The minimum Gasteiger partial charge on any atom is -0.340 e. The van der Waals surface area contributed by atoms with Gasteiger partial charge in [-0.15, -0.1) is 0 Å². The summed E-state index contributed by atoms with van der Waals surface area (Å²) < 4.78 is 1.85. The van der Waals surface area contributed by atoms with Crippen molar-refractivity contribution < 1.29 is 4.79 Å². The second kappa shape index (κ2) is 4.56. The topological polar surface area (TPSA) is 22.0 Å². The molecular weight excluding hydrogens is 258 g/mol. The van der Waals surface area contributed by atoms with Gasteiger partial charge < -0.3 is 4.57 Å². The molecule has 94 valence electrons. The largest absolute Gasteiger partial charge is 0.340 e. The van der Waals surface area contributed by atoms with E-state index in [0.29, 0.717) is 5.69 Å². The highest BCUT2D eigenvalue weighted by Crippen LogP contribution is 2.34. The van der Waals surface area contributed by atoms with E-state index in [4.69, 9.17) is 11.6 Å². The molecule has 0 amide bonds. The summed E-state index contributed by atoms with van der Waals surface area (Å²) in [7, 11) is 1.87. The van der Waals surface area contributed by atoms with Crippen molar-refractivity contribution in [2.45, 2.75) is 0 Å². The lowest BCUT2D eigenvalue weighted by molar-refractivity contribution is 0.107. The first-order valence-corrected chi connectivity index (χ1v) is 6.40. The fraction of sp³-hybridized carbons (Fsp3) is 0.0625. The number of hydrogen-bond donors (Lipinski definition) is 0. The van der Waals surface area contributed by atoms with Gasteiger partial charge in [-0.2, -0.15) is 0 Å². The van der Waals surface area contributed by atoms with Crippen LogP contribution in [0.4, 0.5) is 0 Å². The zero-order chi connectivity index (χ0) is 13.4. The number of nitrogens with zero attached hydrogens (tertiary/aromatic N) is 1. The Hall–Kier alpha value is -2.06. The quantitative estimate of drug-likeness (QED) is 0.638. The zero-order valence-corrected chi connectivity index (χ0v) is 11.2. The van der Waals surface area contributed by atoms with Gasteiger partial charge in [0, 0.05) is 23.5 Å². The van der Waals surface area contributed by atoms with Crippen molar-refractivity contribution in [2.24, 2.45) is 7.05 Å². The van der Waals surface area contributed by atoms with E-state index in [-0.39, 0.29) is 0 Å². The van der Waals surface area contributed by atoms with Gasteiger partial charge in [-0.25, -0.2) is 0 Å². The minimum absolute atomic E-state index is 0.433. The third-order valence-corrected chi connectivity index (χ3v) is 3.53. The highest BCUT2D eigenvalue weighted by molar-refractivity contribution is 6.68. The molecule has 3 rings (SSSR count). The normalized spacial score (nSPS) is 10.8. The van der Waals surface area contributed by atoms with Gasteiger partial charge in [0.2, 0.25) is 0 Å². The van der Waals surface area contributed by atoms with Crippen LogP contribution in [0.15, 0.2) is 54.6 Å². The van der Waals surface area contributed by atoms with Crippen LogP contribution in [-0.4, -0.2) is 9.81 Å². The van der Waals surface area contributed by atoms with Crippen LogP contribution in [0, 0.1) is 0 Å². The number of rotatable bonds is 2. The Balaban J connectivity index is 2.46. The number of fused-ring (bicyclic) bond motifs is 1. The molecule has 0 atom stereocenters. The summed E-state index contributed by atoms with van der Waals surface area (Å²) in [6.45, 7) is 0. The molecular formula is C16H12ClNO. The van der Waals surface area contributed by atoms with Crippen molar-refractivity contribution in [3.8, 4) is 11.1 Å². The number of aryl methyl sites for hydroxylation is 1. The summed E-state index contributed by atoms with van der Waals surface area (Å²) in [6, 6.07) is 17.8. The molecule has 0 spiro atoms. The van der Waals surface area contributed by atoms with E-state index in [2.05, 4.69) is 0 Å². The van der Waals surface area contributed by atoms with Crippen molar-refractivity contribution in [1.29, 1.82) is 0 Å². The monoisotopic (exact) mass is 269 g/mol. The lowest BCUT2D eigenvalue weighted by Gasteiger charge is -2.03. The minimum atomic E-state index is -0.433. The van der Waals surface area contributed by atoms with Crippen LogP contribution >= 0.6 is 11.6 Å². The Morgan fingerprint density at radius 1 is 1.00 bits per heavy atom. The maximum atomic E-state index is 11.8. The maximum absolute atomic E-state index is 11.8. The van der Waals surface area contributed by atoms with Crippen molar-refractivity contribution in [1.82, 2.24) is 4.57 Å². The first-order chi connectivity index (χ1) is 9.20. The van der Waals surface area contributed by atoms with Gasteiger partial charge in [0.1, 0.15) is 5.69 Å². The van der Waals surface area contributed by atoms with Gasteiger partial charge in [0.25, 0.3) is 5.24 Å². The Kier molecular flexibility index (Phi) is 2.88. The molecule has 0 bridgehead atoms. The average molecular weight is 270 g/mol. The molecule has 19 heavy (non-hydrogen) atoms. The Morgan fingerprint density at radius 2 is 1.63 bits per heavy atom. The molecule has 0 fully saturated rings. The van der Waals surface area contributed by atoms with Crippen molar-refractivity contribution in [2.75, 3.05) is 0 Å². The van der Waals surface area contributed by atoms with Gasteiger partial charge in [-0.3, -0.25) is 4.79 Å². The van der Waals surface area contributed by atoms with Gasteiger partial charge >= 0.3 is 0 Å². The van der Waals surface area contributed by atoms with E-state index >= 15 is 0 Å². The van der Waals surface area contributed by atoms with E-state index in [1.807, 2.05) is 66.2 Å². The molecule has 0 saturated heterocycles. The zero-order valence-electron chi connectivity index (χ0n) is 10.4. The fourth-order valence-corrected chi connectivity index (χ4v) is 2.74. The summed E-state index contributed by atoms with van der Waals surface area (Å²) >= 11 is 5.78. The lowest BCUT2D eigenvalue weighted by atomic mass is 10.0. The predicted octanol–water partition coefficient (Wildman–Crippen LogP) is 4.22. The number of hydrogen-bond acceptors (Lipinski definition) is 1. The van der Waals surface area contributed by atoms with Gasteiger partial charge in [-0.05, 0) is 23.2 Å². The average Bonchev–Trinajstić information content (AvgIpc) is 2.74. The molecule has 0 aliphatic carbocycles. The number of carbonyl (C=O) groups excluding carboxylic acids is 1. The molecule has 0 saturated carbocycles. The summed E-state index contributed by atoms with van der Waals surface area (Å²) in [5, 5.41) is 0.609. The molecule has 0 aliphatic rings. The van der Waals surface area contributed by atoms with Crippen LogP contribution < -0.4 is 0 Å². The van der Waals surface area contributed by atoms with Crippen LogP contribution in [0.1, 0.15) is 10.5 Å². The second-order valence-corrected chi connectivity index (χ2v) is 4.78. The number of carbonyl (C=O) groups is 1. The Bertz CT molecular complexity index is 759. The van der Waals surface area contributed by atoms with Crippen molar-refractivity contribution in [3.05, 3.63) is 60.3 Å². The molecule has 0 N–H and O–H groups in total. The molecule has 0 unspecified atom stereocenters. The standard InChI is InChI=1S/C16H12ClNO/c1-18-13-10-6-5-9-12(13)14(15(18)16(17)19)11-7-3-2-4-8-11/h2-10H,1H3. The molecule has 3 aromatic rings. The van der Waals surface area contributed by atoms with E-state index in [1.54, 1.807) is 0 Å². The second-order valence-electron chi connectivity index (χ2n) is 4.44. The lowest BCUT2D eigenvalue weighted by Crippen LogP contribution is -2.00. The molecule has 2 aromatic carbocycles. The van der Waals surface area contributed by atoms with Gasteiger partial charge in [0.05, 0.1) is 0 Å². The molecule has 0 radical (unpaired) electrons. The highest BCUT2D eigenvalue weighted by Gasteiger charge is 2.20. The fourth-order valence-electron chi connectivity index (χ4n) is 2.52. The highest BCUT2D eigenvalue weighted by atomic mass is 35.5. The summed E-state index contributed by atoms with van der Waals surface area (Å²) in [5.74, 6) is 0. The van der Waals surface area contributed by atoms with Gasteiger partial charge in [-0.1, -0.05) is 48.5 Å². The summed E-state index contributed by atoms with van der Waals surface area (Å²) in [4.78, 5) is 11.8. The van der Waals surface area contributed by atoms with Crippen molar-refractivity contribution in [3.63, 3.8) is 0 Å². The molecule has 1 aromatic heterocycles. The van der Waals surface area contributed by atoms with Crippen LogP contribution in [0.25, 0.3) is 22.0 Å². The number of benzene rings is 2. The first kappa shape index (κ1) is 12.0. The van der Waals surface area contributed by atoms with Crippen LogP contribution in [-0.2, 0) is 7.05 Å². The van der Waals surface area contributed by atoms with Crippen LogP contribution in [0.2, 0.25) is 0 Å². The summed E-state index contributed by atoms with van der Waals surface area (Å²) in [5.41, 5.74) is 3.45. The third-order valence-electron chi connectivity index (χ3n) is 3.36. The van der Waals surface area contributed by atoms with Crippen LogP contribution in [0.3, 0.4) is 0 Å². The maximum Gasteiger partial charge on any atom is 0.269 e. The SMILES string of the molecule is Cn1c(C(=O)Cl)c(-c2ccccc2)c2ccccc21. The summed E-state index contributed by atoms with van der Waals surface area (Å²) in [6.07, 6.45) is 0. The number of aromatic nitrogens is 1. The van der Waals surface area contributed by atoms with E-state index in [9.17, 15) is 4.79 Å². The van der Waals surface area contributed by atoms with E-state index in [0.717, 1.165) is 22.0 Å². The molecule has 1 heterocycles. The van der Waals surface area contributed by atoms with Crippen LogP contribution in [0.5, 0.6) is 0 Å². The van der Waals surface area contributed by atoms with Crippen molar-refractivity contribution >= 4 is 27.7 Å². The Labute approximate surface area is 116 Å². The molecule has 2 nitrogen and oxygen atoms in total. The molecule has 0 aliphatic heterocycles. The first-order valence-electron chi connectivity index (χ1n) is 6.03. The third kappa shape index (κ3) is 1.85. The van der Waals surface area contributed by atoms with E-state index < -0.39 is 5.24 Å². The number of halogens is 1. The smallest absolute Gasteiger partial charge is 0.269 e. The molecule has 3 heteroatoms. The van der Waals surface area contributed by atoms with E-state index in [1.165, 1.54) is 0 Å².